The van der Waals surface area contributed by atoms with Crippen LogP contribution in [-0.4, -0.2) is 40.2 Å². The number of ether oxygens (including phenoxy) is 1. The van der Waals surface area contributed by atoms with Crippen LogP contribution in [0.4, 0.5) is 15.1 Å². The van der Waals surface area contributed by atoms with Gasteiger partial charge in [0.25, 0.3) is 0 Å². The first-order valence-electron chi connectivity index (χ1n) is 9.94. The Balaban J connectivity index is 1.43. The molecule has 0 spiro atoms. The van der Waals surface area contributed by atoms with Crippen molar-refractivity contribution in [2.75, 3.05) is 18.5 Å². The van der Waals surface area contributed by atoms with Gasteiger partial charge in [-0.2, -0.15) is 0 Å². The molecule has 0 unspecified atom stereocenters. The van der Waals surface area contributed by atoms with Gasteiger partial charge in [0.1, 0.15) is 5.82 Å². The predicted octanol–water partition coefficient (Wildman–Crippen LogP) is 3.17. The molecular weight excluding hydrogens is 373 g/mol. The lowest BCUT2D eigenvalue weighted by Gasteiger charge is -2.32. The van der Waals surface area contributed by atoms with Crippen LogP contribution in [0.15, 0.2) is 30.5 Å². The minimum absolute atomic E-state index is 0.184. The van der Waals surface area contributed by atoms with Crippen LogP contribution in [0.25, 0.3) is 0 Å². The fourth-order valence-corrected chi connectivity index (χ4v) is 3.84. The second-order valence-corrected chi connectivity index (χ2v) is 8.02. The number of nitrogens with one attached hydrogen (secondary N) is 2. The zero-order chi connectivity index (χ0) is 20.4. The maximum atomic E-state index is 13.0. The molecule has 0 radical (unpaired) electrons. The molecule has 3 heterocycles. The largest absolute Gasteiger partial charge is 0.381 e. The molecule has 2 aliphatic rings. The molecule has 0 aliphatic carbocycles. The zero-order valence-electron chi connectivity index (χ0n) is 16.7. The Labute approximate surface area is 169 Å². The molecule has 8 heteroatoms. The molecule has 0 atom stereocenters. The van der Waals surface area contributed by atoms with Crippen molar-refractivity contribution in [1.82, 2.24) is 20.2 Å². The quantitative estimate of drug-likeness (QED) is 0.826. The van der Waals surface area contributed by atoms with Gasteiger partial charge in [-0.1, -0.05) is 12.1 Å². The van der Waals surface area contributed by atoms with Gasteiger partial charge in [0.15, 0.2) is 0 Å². The minimum Gasteiger partial charge on any atom is -0.381 e. The number of carbonyl (C=O) groups excluding carboxylic acids is 1. The third-order valence-electron chi connectivity index (χ3n) is 5.67. The summed E-state index contributed by atoms with van der Waals surface area (Å²) >= 11 is 0. The number of halogens is 1. The lowest BCUT2D eigenvalue weighted by molar-refractivity contribution is 0.0903. The molecule has 1 saturated heterocycles. The normalized spacial score (nSPS) is 18.4. The summed E-state index contributed by atoms with van der Waals surface area (Å²) < 4.78 is 18.4. The standard InChI is InChI=1S/C21H26FN5O2/c1-21(2)17-12-23-19(25-16-7-9-29-10-8-16)26-18(17)13-27(21)20(28)24-11-14-3-5-15(22)6-4-14/h3-6,12,16H,7-11,13H2,1-2H3,(H,24,28)(H,23,25,26). The molecule has 1 aromatic heterocycles. The summed E-state index contributed by atoms with van der Waals surface area (Å²) in [4.78, 5) is 23.7. The molecule has 0 bridgehead atoms. The molecule has 29 heavy (non-hydrogen) atoms. The average molecular weight is 399 g/mol. The summed E-state index contributed by atoms with van der Waals surface area (Å²) in [7, 11) is 0. The van der Waals surface area contributed by atoms with E-state index in [2.05, 4.69) is 20.6 Å². The summed E-state index contributed by atoms with van der Waals surface area (Å²) in [5.74, 6) is 0.306. The molecule has 0 saturated carbocycles. The van der Waals surface area contributed by atoms with Gasteiger partial charge in [0, 0.05) is 37.6 Å². The van der Waals surface area contributed by atoms with Crippen molar-refractivity contribution in [1.29, 1.82) is 0 Å². The summed E-state index contributed by atoms with van der Waals surface area (Å²) in [6.07, 6.45) is 3.69. The zero-order valence-corrected chi connectivity index (χ0v) is 16.7. The molecule has 1 aromatic carbocycles. The van der Waals surface area contributed by atoms with Gasteiger partial charge in [-0.3, -0.25) is 0 Å². The molecule has 154 valence electrons. The number of carbonyl (C=O) groups is 1. The maximum Gasteiger partial charge on any atom is 0.318 e. The Bertz CT molecular complexity index is 881. The lowest BCUT2D eigenvalue weighted by Crippen LogP contribution is -2.45. The maximum absolute atomic E-state index is 13.0. The average Bonchev–Trinajstić information content (AvgIpc) is 2.98. The van der Waals surface area contributed by atoms with Crippen molar-refractivity contribution in [2.24, 2.45) is 0 Å². The SMILES string of the molecule is CC1(C)c2cnc(NC3CCOCC3)nc2CN1C(=O)NCc1ccc(F)cc1. The van der Waals surface area contributed by atoms with Crippen LogP contribution < -0.4 is 10.6 Å². The van der Waals surface area contributed by atoms with Gasteiger partial charge < -0.3 is 20.3 Å². The molecule has 4 rings (SSSR count). The smallest absolute Gasteiger partial charge is 0.318 e. The van der Waals surface area contributed by atoms with Crippen molar-refractivity contribution in [3.63, 3.8) is 0 Å². The highest BCUT2D eigenvalue weighted by Gasteiger charge is 2.41. The highest BCUT2D eigenvalue weighted by Crippen LogP contribution is 2.37. The van der Waals surface area contributed by atoms with Crippen LogP contribution in [0, 0.1) is 5.82 Å². The minimum atomic E-state index is -0.514. The number of hydrogen-bond donors (Lipinski definition) is 2. The van der Waals surface area contributed by atoms with E-state index in [0.717, 1.165) is 42.9 Å². The number of fused-ring (bicyclic) bond motifs is 1. The van der Waals surface area contributed by atoms with Gasteiger partial charge >= 0.3 is 6.03 Å². The van der Waals surface area contributed by atoms with E-state index in [0.29, 0.717) is 25.1 Å². The molecule has 2 aliphatic heterocycles. The van der Waals surface area contributed by atoms with Crippen LogP contribution in [0.3, 0.4) is 0 Å². The Morgan fingerprint density at radius 2 is 2.00 bits per heavy atom. The van der Waals surface area contributed by atoms with Gasteiger partial charge in [-0.05, 0) is 44.4 Å². The molecule has 2 N–H and O–H groups in total. The van der Waals surface area contributed by atoms with Gasteiger partial charge in [-0.25, -0.2) is 19.2 Å². The molecule has 7 nitrogen and oxygen atoms in total. The third kappa shape index (κ3) is 4.17. The predicted molar refractivity (Wildman–Crippen MR) is 107 cm³/mol. The van der Waals surface area contributed by atoms with Gasteiger partial charge in [0.05, 0.1) is 17.8 Å². The first kappa shape index (κ1) is 19.6. The Morgan fingerprint density at radius 1 is 1.28 bits per heavy atom. The Hall–Kier alpha value is -2.74. The fourth-order valence-electron chi connectivity index (χ4n) is 3.84. The van der Waals surface area contributed by atoms with Crippen LogP contribution in [0.1, 0.15) is 43.5 Å². The van der Waals surface area contributed by atoms with Crippen molar-refractivity contribution >= 4 is 12.0 Å². The van der Waals surface area contributed by atoms with Crippen LogP contribution >= 0.6 is 0 Å². The number of rotatable bonds is 4. The van der Waals surface area contributed by atoms with E-state index in [-0.39, 0.29) is 11.8 Å². The number of aromatic nitrogens is 2. The van der Waals surface area contributed by atoms with E-state index >= 15 is 0 Å². The number of amides is 2. The van der Waals surface area contributed by atoms with Crippen molar-refractivity contribution in [3.05, 3.63) is 53.1 Å². The molecular formula is C21H26FN5O2. The summed E-state index contributed by atoms with van der Waals surface area (Å²) in [6, 6.07) is 6.24. The molecule has 1 fully saturated rings. The van der Waals surface area contributed by atoms with Crippen molar-refractivity contribution in [2.45, 2.75) is 51.4 Å². The summed E-state index contributed by atoms with van der Waals surface area (Å²) in [5.41, 5.74) is 2.14. The highest BCUT2D eigenvalue weighted by atomic mass is 19.1. The first-order valence-corrected chi connectivity index (χ1v) is 9.94. The van der Waals surface area contributed by atoms with Crippen molar-refractivity contribution in [3.8, 4) is 0 Å². The van der Waals surface area contributed by atoms with Gasteiger partial charge in [0.2, 0.25) is 5.95 Å². The van der Waals surface area contributed by atoms with E-state index in [9.17, 15) is 9.18 Å². The lowest BCUT2D eigenvalue weighted by atomic mass is 9.97. The number of hydrogen-bond acceptors (Lipinski definition) is 5. The van der Waals surface area contributed by atoms with Crippen LogP contribution in [0.2, 0.25) is 0 Å². The highest BCUT2D eigenvalue weighted by molar-refractivity contribution is 5.76. The second kappa shape index (κ2) is 7.94. The number of urea groups is 1. The molecule has 2 aromatic rings. The second-order valence-electron chi connectivity index (χ2n) is 8.02. The number of anilines is 1. The van der Waals surface area contributed by atoms with E-state index in [1.165, 1.54) is 12.1 Å². The van der Waals surface area contributed by atoms with Gasteiger partial charge in [-0.15, -0.1) is 0 Å². The number of nitrogens with zero attached hydrogens (tertiary/aromatic N) is 3. The summed E-state index contributed by atoms with van der Waals surface area (Å²) in [5, 5.41) is 6.30. The first-order chi connectivity index (χ1) is 13.9. The van der Waals surface area contributed by atoms with E-state index < -0.39 is 5.54 Å². The fraction of sp³-hybridized carbons (Fsp3) is 0.476. The Morgan fingerprint density at radius 3 is 2.72 bits per heavy atom. The van der Waals surface area contributed by atoms with E-state index in [1.807, 2.05) is 20.0 Å². The van der Waals surface area contributed by atoms with E-state index in [4.69, 9.17) is 4.74 Å². The van der Waals surface area contributed by atoms with E-state index in [1.54, 1.807) is 17.0 Å². The summed E-state index contributed by atoms with van der Waals surface area (Å²) in [6.45, 7) is 6.23. The monoisotopic (exact) mass is 399 g/mol. The third-order valence-corrected chi connectivity index (χ3v) is 5.67. The van der Waals surface area contributed by atoms with Crippen LogP contribution in [0.5, 0.6) is 0 Å². The number of benzene rings is 1. The molecule has 2 amide bonds. The Kier molecular flexibility index (Phi) is 5.36. The van der Waals surface area contributed by atoms with Crippen molar-refractivity contribution < 1.29 is 13.9 Å². The topological polar surface area (TPSA) is 79.4 Å². The van der Waals surface area contributed by atoms with Crippen LogP contribution in [-0.2, 0) is 23.4 Å².